The van der Waals surface area contributed by atoms with E-state index in [1.807, 2.05) is 6.92 Å². The van der Waals surface area contributed by atoms with Gasteiger partial charge in [-0.25, -0.2) is 9.97 Å². The third-order valence-corrected chi connectivity index (χ3v) is 4.27. The number of anilines is 2. The smallest absolute Gasteiger partial charge is 0.134 e. The first-order chi connectivity index (χ1) is 10.2. The first kappa shape index (κ1) is 16.0. The first-order valence-electron chi connectivity index (χ1n) is 8.12. The molecular formula is C16H28N4O. The molecule has 2 atom stereocenters. The van der Waals surface area contributed by atoms with Crippen LogP contribution in [0.2, 0.25) is 0 Å². The molecule has 1 saturated carbocycles. The van der Waals surface area contributed by atoms with Crippen molar-refractivity contribution in [3.63, 3.8) is 0 Å². The number of aryl methyl sites for hydroxylation is 1. The van der Waals surface area contributed by atoms with Crippen LogP contribution in [0.25, 0.3) is 0 Å². The zero-order chi connectivity index (χ0) is 15.2. The van der Waals surface area contributed by atoms with Crippen LogP contribution in [0.15, 0.2) is 0 Å². The summed E-state index contributed by atoms with van der Waals surface area (Å²) >= 11 is 0. The summed E-state index contributed by atoms with van der Waals surface area (Å²) in [5, 5.41) is 16.5. The third-order valence-electron chi connectivity index (χ3n) is 4.27. The van der Waals surface area contributed by atoms with E-state index in [2.05, 4.69) is 34.4 Å². The Bertz CT molecular complexity index is 464. The number of rotatable bonds is 6. The van der Waals surface area contributed by atoms with Crippen molar-refractivity contribution in [3.05, 3.63) is 11.4 Å². The molecule has 118 valence electrons. The number of nitrogens with one attached hydrogen (secondary N) is 2. The fraction of sp³-hybridized carbons (Fsp3) is 0.750. The fourth-order valence-corrected chi connectivity index (χ4v) is 2.98. The van der Waals surface area contributed by atoms with Crippen molar-refractivity contribution in [1.82, 2.24) is 9.97 Å². The Kier molecular flexibility index (Phi) is 5.79. The van der Waals surface area contributed by atoms with E-state index in [9.17, 15) is 5.11 Å². The molecule has 0 saturated heterocycles. The molecule has 0 aromatic carbocycles. The summed E-state index contributed by atoms with van der Waals surface area (Å²) in [5.74, 6) is 2.94. The molecule has 0 spiro atoms. The lowest BCUT2D eigenvalue weighted by atomic mass is 9.85. The van der Waals surface area contributed by atoms with Crippen LogP contribution in [0.5, 0.6) is 0 Å². The monoisotopic (exact) mass is 292 g/mol. The molecule has 1 heterocycles. The molecule has 0 bridgehead atoms. The van der Waals surface area contributed by atoms with Gasteiger partial charge in [-0.3, -0.25) is 0 Å². The van der Waals surface area contributed by atoms with Crippen LogP contribution in [0, 0.1) is 19.8 Å². The van der Waals surface area contributed by atoms with Gasteiger partial charge in [0.15, 0.2) is 0 Å². The molecule has 1 aliphatic carbocycles. The average molecular weight is 292 g/mol. The van der Waals surface area contributed by atoms with E-state index in [1.165, 1.54) is 12.8 Å². The van der Waals surface area contributed by atoms with Gasteiger partial charge in [0.05, 0.1) is 0 Å². The zero-order valence-corrected chi connectivity index (χ0v) is 13.4. The molecule has 3 N–H and O–H groups in total. The molecule has 21 heavy (non-hydrogen) atoms. The fourth-order valence-electron chi connectivity index (χ4n) is 2.98. The van der Waals surface area contributed by atoms with E-state index in [0.29, 0.717) is 12.0 Å². The molecule has 1 fully saturated rings. The molecule has 2 rings (SSSR count). The summed E-state index contributed by atoms with van der Waals surface area (Å²) in [6.07, 6.45) is 5.71. The highest BCUT2D eigenvalue weighted by Crippen LogP contribution is 2.28. The second kappa shape index (κ2) is 7.59. The molecular weight excluding hydrogens is 264 g/mol. The highest BCUT2D eigenvalue weighted by Gasteiger charge is 2.25. The topological polar surface area (TPSA) is 70.1 Å². The van der Waals surface area contributed by atoms with Gasteiger partial charge < -0.3 is 15.7 Å². The lowest BCUT2D eigenvalue weighted by molar-refractivity contribution is 0.178. The van der Waals surface area contributed by atoms with Crippen molar-refractivity contribution in [2.45, 2.75) is 58.9 Å². The van der Waals surface area contributed by atoms with Crippen LogP contribution < -0.4 is 10.6 Å². The quantitative estimate of drug-likeness (QED) is 0.752. The Labute approximate surface area is 127 Å². The van der Waals surface area contributed by atoms with E-state index in [0.717, 1.165) is 48.8 Å². The number of aromatic nitrogens is 2. The van der Waals surface area contributed by atoms with Crippen molar-refractivity contribution in [1.29, 1.82) is 0 Å². The van der Waals surface area contributed by atoms with E-state index in [4.69, 9.17) is 0 Å². The third kappa shape index (κ3) is 4.06. The van der Waals surface area contributed by atoms with Crippen LogP contribution in [-0.4, -0.2) is 34.3 Å². The largest absolute Gasteiger partial charge is 0.396 e. The van der Waals surface area contributed by atoms with Gasteiger partial charge >= 0.3 is 0 Å². The Morgan fingerprint density at radius 2 is 1.86 bits per heavy atom. The van der Waals surface area contributed by atoms with Gasteiger partial charge in [-0.2, -0.15) is 0 Å². The normalized spacial score (nSPS) is 22.1. The maximum Gasteiger partial charge on any atom is 0.134 e. The first-order valence-corrected chi connectivity index (χ1v) is 8.12. The molecule has 1 aliphatic rings. The van der Waals surface area contributed by atoms with Crippen molar-refractivity contribution in [2.75, 3.05) is 23.8 Å². The number of aliphatic hydroxyl groups excluding tert-OH is 1. The Hall–Kier alpha value is -1.36. The van der Waals surface area contributed by atoms with Gasteiger partial charge in [0.25, 0.3) is 0 Å². The molecule has 5 heteroatoms. The Balaban J connectivity index is 2.16. The van der Waals surface area contributed by atoms with Gasteiger partial charge in [0.2, 0.25) is 0 Å². The molecule has 1 aromatic heterocycles. The second-order valence-electron chi connectivity index (χ2n) is 6.00. The summed E-state index contributed by atoms with van der Waals surface area (Å²) in [6.45, 7) is 7.28. The van der Waals surface area contributed by atoms with Crippen LogP contribution in [0.3, 0.4) is 0 Å². The van der Waals surface area contributed by atoms with Crippen LogP contribution >= 0.6 is 0 Å². The molecule has 2 unspecified atom stereocenters. The minimum absolute atomic E-state index is 0.252. The number of hydrogen-bond donors (Lipinski definition) is 3. The standard InChI is InChI=1S/C16H28N4O/c1-4-9-17-15-11(2)16(19-12(3)18-15)20-14-8-6-5-7-13(14)10-21/h13-14,21H,4-10H2,1-3H3,(H2,17,18,19,20). The lowest BCUT2D eigenvalue weighted by Crippen LogP contribution is -2.35. The number of nitrogens with zero attached hydrogens (tertiary/aromatic N) is 2. The lowest BCUT2D eigenvalue weighted by Gasteiger charge is -2.32. The minimum Gasteiger partial charge on any atom is -0.396 e. The predicted molar refractivity (Wildman–Crippen MR) is 86.7 cm³/mol. The summed E-state index contributed by atoms with van der Waals surface area (Å²) in [6, 6.07) is 0.316. The van der Waals surface area contributed by atoms with Crippen molar-refractivity contribution in [3.8, 4) is 0 Å². The molecule has 0 aliphatic heterocycles. The number of aliphatic hydroxyl groups is 1. The maximum absolute atomic E-state index is 9.55. The van der Waals surface area contributed by atoms with Crippen LogP contribution in [0.4, 0.5) is 11.6 Å². The second-order valence-corrected chi connectivity index (χ2v) is 6.00. The summed E-state index contributed by atoms with van der Waals surface area (Å²) < 4.78 is 0. The summed E-state index contributed by atoms with van der Waals surface area (Å²) in [7, 11) is 0. The summed E-state index contributed by atoms with van der Waals surface area (Å²) in [4.78, 5) is 9.05. The predicted octanol–water partition coefficient (Wildman–Crippen LogP) is 2.88. The molecule has 0 radical (unpaired) electrons. The van der Waals surface area contributed by atoms with E-state index in [-0.39, 0.29) is 6.61 Å². The SMILES string of the molecule is CCCNc1nc(C)nc(NC2CCCCC2CO)c1C. The van der Waals surface area contributed by atoms with Crippen LogP contribution in [0.1, 0.15) is 50.4 Å². The van der Waals surface area contributed by atoms with E-state index >= 15 is 0 Å². The summed E-state index contributed by atoms with van der Waals surface area (Å²) in [5.41, 5.74) is 1.07. The molecule has 0 amide bonds. The molecule has 1 aromatic rings. The minimum atomic E-state index is 0.252. The van der Waals surface area contributed by atoms with Crippen LogP contribution in [-0.2, 0) is 0 Å². The van der Waals surface area contributed by atoms with Gasteiger partial charge in [-0.05, 0) is 33.1 Å². The van der Waals surface area contributed by atoms with Gasteiger partial charge in [-0.15, -0.1) is 0 Å². The van der Waals surface area contributed by atoms with E-state index < -0.39 is 0 Å². The average Bonchev–Trinajstić information content (AvgIpc) is 2.49. The van der Waals surface area contributed by atoms with Crippen molar-refractivity contribution >= 4 is 11.6 Å². The maximum atomic E-state index is 9.55. The van der Waals surface area contributed by atoms with Gasteiger partial charge in [0, 0.05) is 30.7 Å². The van der Waals surface area contributed by atoms with Gasteiger partial charge in [0.1, 0.15) is 17.5 Å². The highest BCUT2D eigenvalue weighted by atomic mass is 16.3. The Morgan fingerprint density at radius 1 is 1.14 bits per heavy atom. The van der Waals surface area contributed by atoms with Crippen molar-refractivity contribution < 1.29 is 5.11 Å². The molecule has 5 nitrogen and oxygen atoms in total. The highest BCUT2D eigenvalue weighted by molar-refractivity contribution is 5.57. The Morgan fingerprint density at radius 3 is 2.57 bits per heavy atom. The van der Waals surface area contributed by atoms with E-state index in [1.54, 1.807) is 0 Å². The van der Waals surface area contributed by atoms with Gasteiger partial charge in [-0.1, -0.05) is 19.8 Å². The number of hydrogen-bond acceptors (Lipinski definition) is 5. The van der Waals surface area contributed by atoms with Crippen molar-refractivity contribution in [2.24, 2.45) is 5.92 Å². The zero-order valence-electron chi connectivity index (χ0n) is 13.4.